The number of alkyl halides is 1. The van der Waals surface area contributed by atoms with Gasteiger partial charge in [-0.15, -0.1) is 0 Å². The lowest BCUT2D eigenvalue weighted by Crippen LogP contribution is -2.11. The minimum Gasteiger partial charge on any atom is -0.375 e. The summed E-state index contributed by atoms with van der Waals surface area (Å²) in [5, 5.41) is 17.1. The average Bonchev–Trinajstić information content (AvgIpc) is 2.17. The Morgan fingerprint density at radius 3 is 2.42 bits per heavy atom. The van der Waals surface area contributed by atoms with Crippen LogP contribution in [0, 0.1) is 11.3 Å². The normalized spacial score (nSPS) is 14.8. The number of aliphatic hydroxyl groups excluding tert-OH is 1. The number of benzene rings is 1. The third-order valence-electron chi connectivity index (χ3n) is 1.53. The third-order valence-corrected chi connectivity index (χ3v) is 1.53. The molecule has 0 aliphatic heterocycles. The summed E-state index contributed by atoms with van der Waals surface area (Å²) < 4.78 is 13.1. The molecule has 0 fully saturated rings. The molecule has 0 heterocycles. The second-order valence-electron chi connectivity index (χ2n) is 2.39. The van der Waals surface area contributed by atoms with E-state index in [2.05, 4.69) is 0 Å². The molecule has 1 aromatic carbocycles. The quantitative estimate of drug-likeness (QED) is 0.676. The number of nitriles is 1. The molecule has 0 saturated heterocycles. The highest BCUT2D eigenvalue weighted by atomic mass is 19.1. The van der Waals surface area contributed by atoms with E-state index in [9.17, 15) is 4.39 Å². The summed E-state index contributed by atoms with van der Waals surface area (Å²) in [6.07, 6.45) is -3.19. The van der Waals surface area contributed by atoms with E-state index >= 15 is 0 Å². The topological polar surface area (TPSA) is 44.0 Å². The number of hydrogen-bond donors (Lipinski definition) is 1. The molecule has 0 aliphatic carbocycles. The highest BCUT2D eigenvalue weighted by Crippen LogP contribution is 2.20. The van der Waals surface area contributed by atoms with E-state index in [-0.39, 0.29) is 0 Å². The van der Waals surface area contributed by atoms with Crippen LogP contribution in [0.5, 0.6) is 0 Å². The van der Waals surface area contributed by atoms with Gasteiger partial charge in [-0.1, -0.05) is 30.3 Å². The summed E-state index contributed by atoms with van der Waals surface area (Å²) in [5.41, 5.74) is 0.326. The van der Waals surface area contributed by atoms with Gasteiger partial charge < -0.3 is 5.11 Å². The molecule has 0 bridgehead atoms. The van der Waals surface area contributed by atoms with Crippen LogP contribution in [-0.2, 0) is 0 Å². The van der Waals surface area contributed by atoms with Crippen molar-refractivity contribution in [2.45, 2.75) is 12.3 Å². The highest BCUT2D eigenvalue weighted by Gasteiger charge is 2.18. The number of rotatable bonds is 2. The Kier molecular flexibility index (Phi) is 2.78. The first-order valence-electron chi connectivity index (χ1n) is 3.52. The van der Waals surface area contributed by atoms with E-state index in [1.165, 1.54) is 18.2 Å². The summed E-state index contributed by atoms with van der Waals surface area (Å²) in [5.74, 6) is 0. The zero-order valence-electron chi connectivity index (χ0n) is 6.31. The Morgan fingerprint density at radius 2 is 1.92 bits per heavy atom. The van der Waals surface area contributed by atoms with Gasteiger partial charge in [0.2, 0.25) is 0 Å². The minimum absolute atomic E-state index is 0.326. The third kappa shape index (κ3) is 1.80. The van der Waals surface area contributed by atoms with Gasteiger partial charge in [0, 0.05) is 0 Å². The molecule has 2 atom stereocenters. The van der Waals surface area contributed by atoms with E-state index < -0.39 is 12.3 Å². The molecular weight excluding hydrogens is 157 g/mol. The lowest BCUT2D eigenvalue weighted by Gasteiger charge is -2.08. The molecule has 0 saturated carbocycles. The molecule has 0 spiro atoms. The molecule has 0 amide bonds. The van der Waals surface area contributed by atoms with Crippen molar-refractivity contribution in [3.63, 3.8) is 0 Å². The van der Waals surface area contributed by atoms with Crippen LogP contribution >= 0.6 is 0 Å². The molecule has 0 aliphatic rings. The maximum absolute atomic E-state index is 13.1. The van der Waals surface area contributed by atoms with E-state index in [0.717, 1.165) is 0 Å². The van der Waals surface area contributed by atoms with Crippen LogP contribution in [-0.4, -0.2) is 11.2 Å². The van der Waals surface area contributed by atoms with Crippen molar-refractivity contribution >= 4 is 0 Å². The van der Waals surface area contributed by atoms with Crippen molar-refractivity contribution in [2.24, 2.45) is 0 Å². The second-order valence-corrected chi connectivity index (χ2v) is 2.39. The maximum Gasteiger partial charge on any atom is 0.175 e. The van der Waals surface area contributed by atoms with Crippen molar-refractivity contribution in [1.29, 1.82) is 5.26 Å². The highest BCUT2D eigenvalue weighted by molar-refractivity contribution is 5.20. The van der Waals surface area contributed by atoms with Gasteiger partial charge in [0.1, 0.15) is 0 Å². The van der Waals surface area contributed by atoms with Crippen molar-refractivity contribution < 1.29 is 9.50 Å². The van der Waals surface area contributed by atoms with E-state index in [0.29, 0.717) is 5.56 Å². The fourth-order valence-electron chi connectivity index (χ4n) is 0.885. The van der Waals surface area contributed by atoms with E-state index in [4.69, 9.17) is 10.4 Å². The van der Waals surface area contributed by atoms with Gasteiger partial charge >= 0.3 is 0 Å². The largest absolute Gasteiger partial charge is 0.375 e. The van der Waals surface area contributed by atoms with E-state index in [1.54, 1.807) is 18.2 Å². The Morgan fingerprint density at radius 1 is 1.33 bits per heavy atom. The molecule has 0 radical (unpaired) electrons. The Labute approximate surface area is 69.9 Å². The molecule has 12 heavy (non-hydrogen) atoms. The number of halogens is 1. The fraction of sp³-hybridized carbons (Fsp3) is 0.222. The fourth-order valence-corrected chi connectivity index (χ4v) is 0.885. The van der Waals surface area contributed by atoms with Crippen LogP contribution in [0.25, 0.3) is 0 Å². The van der Waals surface area contributed by atoms with Crippen molar-refractivity contribution in [2.75, 3.05) is 0 Å². The summed E-state index contributed by atoms with van der Waals surface area (Å²) in [6.45, 7) is 0. The molecule has 1 rings (SSSR count). The van der Waals surface area contributed by atoms with Gasteiger partial charge in [-0.3, -0.25) is 0 Å². The Hall–Kier alpha value is -1.40. The summed E-state index contributed by atoms with van der Waals surface area (Å²) in [6, 6.07) is 9.57. The predicted molar refractivity (Wildman–Crippen MR) is 41.9 cm³/mol. The average molecular weight is 165 g/mol. The van der Waals surface area contributed by atoms with Gasteiger partial charge in [0.05, 0.1) is 6.07 Å². The molecular formula is C9H8FNO. The SMILES string of the molecule is N#C[C@H](O)[C@@H](F)c1ccccc1. The first-order valence-corrected chi connectivity index (χ1v) is 3.52. The molecule has 62 valence electrons. The van der Waals surface area contributed by atoms with Crippen LogP contribution in [0.1, 0.15) is 11.7 Å². The maximum atomic E-state index is 13.1. The zero-order valence-corrected chi connectivity index (χ0v) is 6.31. The smallest absolute Gasteiger partial charge is 0.175 e. The molecule has 3 heteroatoms. The Bertz CT molecular complexity index is 280. The summed E-state index contributed by atoms with van der Waals surface area (Å²) in [7, 11) is 0. The molecule has 1 N–H and O–H groups in total. The van der Waals surface area contributed by atoms with Gasteiger partial charge in [-0.25, -0.2) is 4.39 Å². The molecule has 1 aromatic rings. The number of hydrogen-bond acceptors (Lipinski definition) is 2. The molecule has 0 aromatic heterocycles. The van der Waals surface area contributed by atoms with Crippen LogP contribution in [0.2, 0.25) is 0 Å². The predicted octanol–water partition coefficient (Wildman–Crippen LogP) is 1.58. The molecule has 0 unspecified atom stereocenters. The zero-order chi connectivity index (χ0) is 8.97. The number of nitrogens with zero attached hydrogens (tertiary/aromatic N) is 1. The summed E-state index contributed by atoms with van der Waals surface area (Å²) in [4.78, 5) is 0. The minimum atomic E-state index is -1.61. The first kappa shape index (κ1) is 8.69. The van der Waals surface area contributed by atoms with Gasteiger partial charge in [0.15, 0.2) is 12.3 Å². The van der Waals surface area contributed by atoms with Crippen molar-refractivity contribution in [3.05, 3.63) is 35.9 Å². The molecule has 2 nitrogen and oxygen atoms in total. The lowest BCUT2D eigenvalue weighted by atomic mass is 10.1. The van der Waals surface area contributed by atoms with Crippen molar-refractivity contribution in [1.82, 2.24) is 0 Å². The number of aliphatic hydroxyl groups is 1. The lowest BCUT2D eigenvalue weighted by molar-refractivity contribution is 0.122. The van der Waals surface area contributed by atoms with Gasteiger partial charge in [-0.2, -0.15) is 5.26 Å². The standard InChI is InChI=1S/C9H8FNO/c10-9(8(12)6-11)7-4-2-1-3-5-7/h1-5,8-9,12H/t8-,9-/m0/s1. The van der Waals surface area contributed by atoms with Gasteiger partial charge in [0.25, 0.3) is 0 Å². The van der Waals surface area contributed by atoms with Crippen LogP contribution in [0.3, 0.4) is 0 Å². The van der Waals surface area contributed by atoms with E-state index in [1.807, 2.05) is 0 Å². The van der Waals surface area contributed by atoms with Crippen LogP contribution < -0.4 is 0 Å². The van der Waals surface area contributed by atoms with Crippen LogP contribution in [0.15, 0.2) is 30.3 Å². The van der Waals surface area contributed by atoms with Crippen LogP contribution in [0.4, 0.5) is 4.39 Å². The van der Waals surface area contributed by atoms with Gasteiger partial charge in [-0.05, 0) is 5.56 Å². The van der Waals surface area contributed by atoms with Crippen molar-refractivity contribution in [3.8, 4) is 6.07 Å². The summed E-state index contributed by atoms with van der Waals surface area (Å²) >= 11 is 0. The first-order chi connectivity index (χ1) is 5.75. The Balaban J connectivity index is 2.80. The monoisotopic (exact) mass is 165 g/mol. The second kappa shape index (κ2) is 3.84.